The Kier molecular flexibility index (Phi) is 17.0. The summed E-state index contributed by atoms with van der Waals surface area (Å²) in [4.78, 5) is 79.8. The zero-order chi connectivity index (χ0) is 35.4. The van der Waals surface area contributed by atoms with Gasteiger partial charge in [-0.25, -0.2) is 0 Å². The van der Waals surface area contributed by atoms with Crippen LogP contribution in [0.1, 0.15) is 13.8 Å². The van der Waals surface area contributed by atoms with E-state index in [1.54, 1.807) is 0 Å². The van der Waals surface area contributed by atoms with Crippen LogP contribution in [0.3, 0.4) is 0 Å². The van der Waals surface area contributed by atoms with Gasteiger partial charge in [0.1, 0.15) is 36.6 Å². The standard InChI is InChI=1S/C26H38O19/c1-11(3-13(33)15(35)5-27)25(21(41)17(37)7-29,22(42)18(38)8-30)45-26(23(43)19(39)9-31,24(44)20(40)10-32)12(2)4-14(34)16(36)6-28/h3-4,15-20,27-32,35-40H,5-10H2,1-2H3/b11-3+,12-4+. The minimum Gasteiger partial charge on any atom is -0.393 e. The first-order valence-corrected chi connectivity index (χ1v) is 12.9. The van der Waals surface area contributed by atoms with Gasteiger partial charge in [0, 0.05) is 0 Å². The predicted molar refractivity (Wildman–Crippen MR) is 143 cm³/mol. The van der Waals surface area contributed by atoms with Gasteiger partial charge in [0.2, 0.25) is 34.3 Å². The molecule has 0 aromatic rings. The van der Waals surface area contributed by atoms with E-state index in [1.807, 2.05) is 0 Å². The van der Waals surface area contributed by atoms with Gasteiger partial charge in [0.05, 0.1) is 39.6 Å². The van der Waals surface area contributed by atoms with Crippen LogP contribution in [-0.2, 0) is 33.5 Å². The van der Waals surface area contributed by atoms with Crippen molar-refractivity contribution in [3.63, 3.8) is 0 Å². The number of rotatable bonds is 22. The number of ketones is 6. The number of Topliss-reactive ketones (excluding diaryl/α,β-unsaturated/α-hetero) is 4. The Bertz CT molecular complexity index is 1020. The summed E-state index contributed by atoms with van der Waals surface area (Å²) in [5, 5.41) is 117. The molecule has 0 amide bonds. The summed E-state index contributed by atoms with van der Waals surface area (Å²) in [7, 11) is 0. The first kappa shape index (κ1) is 42.0. The Morgan fingerprint density at radius 3 is 0.844 bits per heavy atom. The highest BCUT2D eigenvalue weighted by Gasteiger charge is 2.63. The molecule has 0 aromatic heterocycles. The maximum absolute atomic E-state index is 13.7. The number of ether oxygens (including phenoxy) is 1. The number of carbonyl (C=O) groups is 6. The third-order valence-electron chi connectivity index (χ3n) is 6.43. The Hall–Kier alpha value is -3.02. The molecular formula is C26H38O19. The molecule has 0 aromatic carbocycles. The maximum atomic E-state index is 13.7. The average Bonchev–Trinajstić information content (AvgIpc) is 3.04. The zero-order valence-electron chi connectivity index (χ0n) is 24.1. The largest absolute Gasteiger partial charge is 0.393 e. The summed E-state index contributed by atoms with van der Waals surface area (Å²) in [5.74, 6) is -11.4. The molecule has 12 N–H and O–H groups in total. The lowest BCUT2D eigenvalue weighted by Gasteiger charge is -2.43. The molecule has 6 atom stereocenters. The zero-order valence-corrected chi connectivity index (χ0v) is 24.1. The van der Waals surface area contributed by atoms with Crippen molar-refractivity contribution in [1.82, 2.24) is 0 Å². The fraction of sp³-hybridized carbons (Fsp3) is 0.615. The van der Waals surface area contributed by atoms with Gasteiger partial charge in [-0.3, -0.25) is 28.8 Å². The molecule has 0 spiro atoms. The lowest BCUT2D eigenvalue weighted by Crippen LogP contribution is -2.68. The van der Waals surface area contributed by atoms with Crippen LogP contribution in [0.4, 0.5) is 0 Å². The monoisotopic (exact) mass is 654 g/mol. The van der Waals surface area contributed by atoms with E-state index >= 15 is 0 Å². The summed E-state index contributed by atoms with van der Waals surface area (Å²) in [5.41, 5.74) is -10.2. The molecule has 0 saturated carbocycles. The maximum Gasteiger partial charge on any atom is 0.213 e. The van der Waals surface area contributed by atoms with Crippen molar-refractivity contribution in [1.29, 1.82) is 0 Å². The Balaban J connectivity index is 8.66. The van der Waals surface area contributed by atoms with Gasteiger partial charge in [-0.1, -0.05) is 0 Å². The first-order valence-electron chi connectivity index (χ1n) is 12.9. The lowest BCUT2D eigenvalue weighted by atomic mass is 9.75. The topological polar surface area (TPSA) is 354 Å². The minimum atomic E-state index is -3.93. The average molecular weight is 655 g/mol. The van der Waals surface area contributed by atoms with Crippen LogP contribution in [0.5, 0.6) is 0 Å². The number of aliphatic hydroxyl groups is 12. The summed E-state index contributed by atoms with van der Waals surface area (Å²) >= 11 is 0. The molecule has 19 nitrogen and oxygen atoms in total. The second-order valence-electron chi connectivity index (χ2n) is 9.57. The quantitative estimate of drug-likeness (QED) is 0.0381. The number of aliphatic hydroxyl groups excluding tert-OH is 12. The minimum absolute atomic E-state index is 0.190. The van der Waals surface area contributed by atoms with E-state index in [4.69, 9.17) is 14.9 Å². The second-order valence-corrected chi connectivity index (χ2v) is 9.57. The van der Waals surface area contributed by atoms with E-state index < -0.39 is 133 Å². The first-order chi connectivity index (χ1) is 20.8. The molecule has 6 unspecified atom stereocenters. The fourth-order valence-electron chi connectivity index (χ4n) is 3.88. The molecule has 0 fully saturated rings. The van der Waals surface area contributed by atoms with Crippen LogP contribution in [0.25, 0.3) is 0 Å². The predicted octanol–water partition coefficient (Wildman–Crippen LogP) is -8.09. The van der Waals surface area contributed by atoms with Crippen molar-refractivity contribution in [3.8, 4) is 0 Å². The van der Waals surface area contributed by atoms with Gasteiger partial charge in [-0.15, -0.1) is 0 Å². The molecule has 0 aliphatic heterocycles. The molecule has 0 saturated heterocycles. The number of carbonyl (C=O) groups excluding carboxylic acids is 6. The molecule has 0 aliphatic rings. The summed E-state index contributed by atoms with van der Waals surface area (Å²) < 4.78 is 5.51. The van der Waals surface area contributed by atoms with E-state index in [1.165, 1.54) is 0 Å². The molecule has 19 heteroatoms. The summed E-state index contributed by atoms with van der Waals surface area (Å²) in [6.07, 6.45) is -15.1. The van der Waals surface area contributed by atoms with Crippen molar-refractivity contribution in [2.75, 3.05) is 39.6 Å². The van der Waals surface area contributed by atoms with E-state index in [2.05, 4.69) is 0 Å². The van der Waals surface area contributed by atoms with Crippen LogP contribution < -0.4 is 0 Å². The van der Waals surface area contributed by atoms with Gasteiger partial charge < -0.3 is 66.0 Å². The fourth-order valence-corrected chi connectivity index (χ4v) is 3.88. The lowest BCUT2D eigenvalue weighted by molar-refractivity contribution is -0.192. The Morgan fingerprint density at radius 2 is 0.667 bits per heavy atom. The smallest absolute Gasteiger partial charge is 0.213 e. The summed E-state index contributed by atoms with van der Waals surface area (Å²) in [6, 6.07) is 0. The highest BCUT2D eigenvalue weighted by Crippen LogP contribution is 2.39. The highest BCUT2D eigenvalue weighted by molar-refractivity contribution is 6.21. The van der Waals surface area contributed by atoms with Gasteiger partial charge in [-0.05, 0) is 37.1 Å². The van der Waals surface area contributed by atoms with E-state index in [0.29, 0.717) is 13.8 Å². The Morgan fingerprint density at radius 1 is 0.467 bits per heavy atom. The van der Waals surface area contributed by atoms with E-state index in [-0.39, 0.29) is 12.2 Å². The van der Waals surface area contributed by atoms with Crippen molar-refractivity contribution < 1.29 is 94.8 Å². The van der Waals surface area contributed by atoms with Crippen molar-refractivity contribution in [2.24, 2.45) is 0 Å². The molecular weight excluding hydrogens is 616 g/mol. The third-order valence-corrected chi connectivity index (χ3v) is 6.43. The van der Waals surface area contributed by atoms with Crippen molar-refractivity contribution in [2.45, 2.75) is 61.7 Å². The van der Waals surface area contributed by atoms with Gasteiger partial charge in [0.25, 0.3) is 0 Å². The molecule has 45 heavy (non-hydrogen) atoms. The normalized spacial score (nSPS) is 19.2. The van der Waals surface area contributed by atoms with Gasteiger partial charge in [0.15, 0.2) is 11.6 Å². The van der Waals surface area contributed by atoms with Crippen LogP contribution >= 0.6 is 0 Å². The number of hydrogen-bond donors (Lipinski definition) is 12. The molecule has 0 heterocycles. The van der Waals surface area contributed by atoms with E-state index in [9.17, 15) is 79.8 Å². The SMILES string of the molecule is C/C(=C\C(=O)C(O)CO)C(OC(C(=O)C(O)CO)(C(=O)C(O)CO)/C(C)=C/C(=O)C(O)CO)(C(=O)C(O)CO)C(=O)C(O)CO. The highest BCUT2D eigenvalue weighted by atomic mass is 16.6. The van der Waals surface area contributed by atoms with Crippen LogP contribution in [0, 0.1) is 0 Å². The van der Waals surface area contributed by atoms with Crippen LogP contribution in [0.15, 0.2) is 23.3 Å². The van der Waals surface area contributed by atoms with Gasteiger partial charge in [-0.2, -0.15) is 0 Å². The number of hydrogen-bond acceptors (Lipinski definition) is 19. The molecule has 0 rings (SSSR count). The van der Waals surface area contributed by atoms with Crippen LogP contribution in [-0.4, -0.2) is 183 Å². The van der Waals surface area contributed by atoms with E-state index in [0.717, 1.165) is 0 Å². The summed E-state index contributed by atoms with van der Waals surface area (Å²) in [6.45, 7) is -7.47. The molecule has 0 aliphatic carbocycles. The Labute approximate surface area is 254 Å². The van der Waals surface area contributed by atoms with Crippen molar-refractivity contribution >= 4 is 34.7 Å². The van der Waals surface area contributed by atoms with Gasteiger partial charge >= 0.3 is 0 Å². The molecule has 0 bridgehead atoms. The molecule has 256 valence electrons. The van der Waals surface area contributed by atoms with Crippen molar-refractivity contribution in [3.05, 3.63) is 23.3 Å². The molecule has 0 radical (unpaired) electrons. The van der Waals surface area contributed by atoms with Crippen LogP contribution in [0.2, 0.25) is 0 Å². The third kappa shape index (κ3) is 9.04. The second kappa shape index (κ2) is 18.2.